The van der Waals surface area contributed by atoms with E-state index in [0.717, 1.165) is 18.5 Å². The summed E-state index contributed by atoms with van der Waals surface area (Å²) in [5.41, 5.74) is -1.03. The Morgan fingerprint density at radius 1 is 1.40 bits per heavy atom. The molecule has 0 saturated heterocycles. The van der Waals surface area contributed by atoms with Gasteiger partial charge < -0.3 is 4.52 Å². The fourth-order valence-corrected chi connectivity index (χ4v) is 1.61. The van der Waals surface area contributed by atoms with E-state index in [2.05, 4.69) is 15.5 Å². The number of aryl methyl sites for hydroxylation is 1. The van der Waals surface area contributed by atoms with E-state index in [9.17, 15) is 18.0 Å². The Kier molecular flexibility index (Phi) is 3.73. The fraction of sp³-hybridized carbons (Fsp3) is 0.250. The van der Waals surface area contributed by atoms with Gasteiger partial charge in [0.2, 0.25) is 5.88 Å². The molecular weight excluding hydrogens is 275 g/mol. The zero-order chi connectivity index (χ0) is 14.8. The van der Waals surface area contributed by atoms with Crippen LogP contribution in [0.4, 0.5) is 19.1 Å². The molecule has 2 heterocycles. The molecule has 2 aromatic heterocycles. The Balaban J connectivity index is 2.31. The minimum atomic E-state index is -4.63. The van der Waals surface area contributed by atoms with Crippen LogP contribution in [0.2, 0.25) is 0 Å². The SMILES string of the molecule is CCc1cnoc1NC(=O)c1cnccc1C(F)(F)F. The van der Waals surface area contributed by atoms with Crippen LogP contribution >= 0.6 is 0 Å². The summed E-state index contributed by atoms with van der Waals surface area (Å²) in [5, 5.41) is 5.75. The topological polar surface area (TPSA) is 68.0 Å². The van der Waals surface area contributed by atoms with Crippen LogP contribution in [0.3, 0.4) is 0 Å². The molecule has 0 saturated carbocycles. The Labute approximate surface area is 111 Å². The average Bonchev–Trinajstić information content (AvgIpc) is 2.85. The summed E-state index contributed by atoms with van der Waals surface area (Å²) in [6.07, 6.45) is -0.877. The summed E-state index contributed by atoms with van der Waals surface area (Å²) in [7, 11) is 0. The van der Waals surface area contributed by atoms with Crippen molar-refractivity contribution in [1.82, 2.24) is 10.1 Å². The maximum absolute atomic E-state index is 12.8. The minimum absolute atomic E-state index is 0.0366. The first-order valence-corrected chi connectivity index (χ1v) is 5.69. The number of rotatable bonds is 3. The summed E-state index contributed by atoms with van der Waals surface area (Å²) < 4.78 is 43.2. The van der Waals surface area contributed by atoms with Gasteiger partial charge in [-0.25, -0.2) is 0 Å². The summed E-state index contributed by atoms with van der Waals surface area (Å²) in [6.45, 7) is 1.80. The smallest absolute Gasteiger partial charge is 0.338 e. The molecule has 0 unspecified atom stereocenters. The van der Waals surface area contributed by atoms with Gasteiger partial charge in [0.1, 0.15) is 0 Å². The van der Waals surface area contributed by atoms with Gasteiger partial charge in [0.05, 0.1) is 17.3 Å². The highest BCUT2D eigenvalue weighted by atomic mass is 19.4. The quantitative estimate of drug-likeness (QED) is 0.941. The molecule has 8 heteroatoms. The first-order chi connectivity index (χ1) is 9.43. The molecule has 0 radical (unpaired) electrons. The maximum atomic E-state index is 12.8. The predicted molar refractivity (Wildman–Crippen MR) is 63.1 cm³/mol. The first-order valence-electron chi connectivity index (χ1n) is 5.69. The molecule has 0 spiro atoms. The van der Waals surface area contributed by atoms with Crippen molar-refractivity contribution in [3.8, 4) is 0 Å². The Morgan fingerprint density at radius 3 is 2.80 bits per heavy atom. The van der Waals surface area contributed by atoms with Gasteiger partial charge in [0.15, 0.2) is 0 Å². The third kappa shape index (κ3) is 2.79. The maximum Gasteiger partial charge on any atom is 0.417 e. The van der Waals surface area contributed by atoms with Gasteiger partial charge in [-0.15, -0.1) is 0 Å². The Bertz CT molecular complexity index is 622. The lowest BCUT2D eigenvalue weighted by molar-refractivity contribution is -0.138. The molecule has 0 aliphatic carbocycles. The van der Waals surface area contributed by atoms with Gasteiger partial charge in [-0.2, -0.15) is 13.2 Å². The number of hydrogen-bond acceptors (Lipinski definition) is 4. The van der Waals surface area contributed by atoms with E-state index in [-0.39, 0.29) is 5.88 Å². The van der Waals surface area contributed by atoms with Crippen molar-refractivity contribution in [1.29, 1.82) is 0 Å². The van der Waals surface area contributed by atoms with E-state index >= 15 is 0 Å². The molecule has 5 nitrogen and oxygen atoms in total. The monoisotopic (exact) mass is 285 g/mol. The molecule has 0 aliphatic rings. The van der Waals surface area contributed by atoms with E-state index < -0.39 is 23.2 Å². The zero-order valence-electron chi connectivity index (χ0n) is 10.4. The molecule has 1 amide bonds. The highest BCUT2D eigenvalue weighted by Gasteiger charge is 2.35. The van der Waals surface area contributed by atoms with E-state index in [1.807, 2.05) is 0 Å². The van der Waals surface area contributed by atoms with Gasteiger partial charge >= 0.3 is 6.18 Å². The van der Waals surface area contributed by atoms with Crippen molar-refractivity contribution in [2.24, 2.45) is 0 Å². The van der Waals surface area contributed by atoms with E-state index in [1.54, 1.807) is 6.92 Å². The molecule has 106 valence electrons. The molecule has 2 rings (SSSR count). The van der Waals surface area contributed by atoms with Crippen LogP contribution in [0.25, 0.3) is 0 Å². The van der Waals surface area contributed by atoms with Crippen LogP contribution in [-0.4, -0.2) is 16.0 Å². The number of carbonyl (C=O) groups excluding carboxylic acids is 1. The highest BCUT2D eigenvalue weighted by molar-refractivity contribution is 6.04. The number of hydrogen-bond donors (Lipinski definition) is 1. The lowest BCUT2D eigenvalue weighted by atomic mass is 10.1. The van der Waals surface area contributed by atoms with E-state index in [0.29, 0.717) is 12.0 Å². The van der Waals surface area contributed by atoms with Gasteiger partial charge in [-0.1, -0.05) is 12.1 Å². The molecular formula is C12H10F3N3O2. The molecule has 0 atom stereocenters. The van der Waals surface area contributed by atoms with Gasteiger partial charge in [0, 0.05) is 18.0 Å². The largest absolute Gasteiger partial charge is 0.417 e. The van der Waals surface area contributed by atoms with Crippen molar-refractivity contribution >= 4 is 11.8 Å². The number of aromatic nitrogens is 2. The second-order valence-electron chi connectivity index (χ2n) is 3.91. The predicted octanol–water partition coefficient (Wildman–Crippen LogP) is 2.90. The lowest BCUT2D eigenvalue weighted by Gasteiger charge is -2.11. The number of anilines is 1. The number of amides is 1. The van der Waals surface area contributed by atoms with Crippen molar-refractivity contribution in [3.05, 3.63) is 41.3 Å². The molecule has 20 heavy (non-hydrogen) atoms. The van der Waals surface area contributed by atoms with Crippen molar-refractivity contribution in [2.45, 2.75) is 19.5 Å². The molecule has 0 aromatic carbocycles. The number of nitrogens with zero attached hydrogens (tertiary/aromatic N) is 2. The molecule has 0 fully saturated rings. The fourth-order valence-electron chi connectivity index (χ4n) is 1.61. The number of alkyl halides is 3. The van der Waals surface area contributed by atoms with Crippen LogP contribution in [0.15, 0.2) is 29.2 Å². The molecule has 0 bridgehead atoms. The molecule has 0 aliphatic heterocycles. The van der Waals surface area contributed by atoms with Gasteiger partial charge in [-0.3, -0.25) is 15.1 Å². The van der Waals surface area contributed by atoms with Crippen LogP contribution in [0.1, 0.15) is 28.4 Å². The second kappa shape index (κ2) is 5.32. The Hall–Kier alpha value is -2.38. The average molecular weight is 285 g/mol. The number of carbonyl (C=O) groups is 1. The first kappa shape index (κ1) is 14.0. The number of pyridine rings is 1. The standard InChI is InChI=1S/C12H10F3N3O2/c1-2-7-5-17-20-11(7)18-10(19)8-6-16-4-3-9(8)12(13,14)15/h3-6H,2H2,1H3,(H,18,19). The normalized spacial score (nSPS) is 11.4. The van der Waals surface area contributed by atoms with Crippen molar-refractivity contribution in [2.75, 3.05) is 5.32 Å². The summed E-state index contributed by atoms with van der Waals surface area (Å²) >= 11 is 0. The zero-order valence-corrected chi connectivity index (χ0v) is 10.4. The third-order valence-electron chi connectivity index (χ3n) is 2.62. The minimum Gasteiger partial charge on any atom is -0.338 e. The van der Waals surface area contributed by atoms with Crippen LogP contribution in [0, 0.1) is 0 Å². The highest BCUT2D eigenvalue weighted by Crippen LogP contribution is 2.31. The number of halogens is 3. The van der Waals surface area contributed by atoms with Crippen molar-refractivity contribution in [3.63, 3.8) is 0 Å². The van der Waals surface area contributed by atoms with Crippen molar-refractivity contribution < 1.29 is 22.5 Å². The summed E-state index contributed by atoms with van der Waals surface area (Å²) in [4.78, 5) is 15.5. The number of nitrogens with one attached hydrogen (secondary N) is 1. The summed E-state index contributed by atoms with van der Waals surface area (Å²) in [5.74, 6) is -0.911. The Morgan fingerprint density at radius 2 is 2.15 bits per heavy atom. The summed E-state index contributed by atoms with van der Waals surface area (Å²) in [6, 6.07) is 0.746. The van der Waals surface area contributed by atoms with Crippen LogP contribution in [0.5, 0.6) is 0 Å². The van der Waals surface area contributed by atoms with Crippen LogP contribution in [-0.2, 0) is 12.6 Å². The van der Waals surface area contributed by atoms with E-state index in [4.69, 9.17) is 4.52 Å². The molecule has 1 N–H and O–H groups in total. The lowest BCUT2D eigenvalue weighted by Crippen LogP contribution is -2.19. The molecule has 2 aromatic rings. The van der Waals surface area contributed by atoms with Gasteiger partial charge in [0.25, 0.3) is 5.91 Å². The third-order valence-corrected chi connectivity index (χ3v) is 2.62. The van der Waals surface area contributed by atoms with E-state index in [1.165, 1.54) is 6.20 Å². The van der Waals surface area contributed by atoms with Gasteiger partial charge in [-0.05, 0) is 12.5 Å². The van der Waals surface area contributed by atoms with Crippen LogP contribution < -0.4 is 5.32 Å². The second-order valence-corrected chi connectivity index (χ2v) is 3.91.